The minimum Gasteiger partial charge on any atom is -0.379 e. The molecule has 3 rings (SSSR count). The van der Waals surface area contributed by atoms with Gasteiger partial charge >= 0.3 is 0 Å². The Balaban J connectivity index is 1.73. The molecule has 1 atom stereocenters. The number of hydrogen-bond acceptors (Lipinski definition) is 4. The van der Waals surface area contributed by atoms with Gasteiger partial charge in [0.25, 0.3) is 10.2 Å². The monoisotopic (exact) mass is 314 g/mol. The summed E-state index contributed by atoms with van der Waals surface area (Å²) in [5.41, 5.74) is 0.974. The van der Waals surface area contributed by atoms with E-state index in [1.54, 1.807) is 4.31 Å². The maximum atomic E-state index is 12.6. The second-order valence-corrected chi connectivity index (χ2v) is 7.64. The number of aromatic nitrogens is 2. The van der Waals surface area contributed by atoms with Crippen molar-refractivity contribution >= 4 is 10.2 Å². The fourth-order valence-corrected chi connectivity index (χ4v) is 4.74. The Morgan fingerprint density at radius 3 is 2.57 bits per heavy atom. The van der Waals surface area contributed by atoms with Crippen LogP contribution in [-0.4, -0.2) is 66.0 Å². The third kappa shape index (κ3) is 2.85. The van der Waals surface area contributed by atoms with Crippen molar-refractivity contribution in [2.24, 2.45) is 7.05 Å². The number of nitrogens with zero attached hydrogens (tertiary/aromatic N) is 4. The van der Waals surface area contributed by atoms with Gasteiger partial charge in [0.2, 0.25) is 0 Å². The van der Waals surface area contributed by atoms with Gasteiger partial charge in [-0.1, -0.05) is 0 Å². The first-order valence-corrected chi connectivity index (χ1v) is 8.71. The molecule has 2 aliphatic rings. The molecule has 1 aromatic rings. The average Bonchev–Trinajstić information content (AvgIpc) is 3.06. The van der Waals surface area contributed by atoms with Crippen LogP contribution >= 0.6 is 0 Å². The second kappa shape index (κ2) is 5.68. The predicted octanol–water partition coefficient (Wildman–Crippen LogP) is 0.0948. The quantitative estimate of drug-likeness (QED) is 0.793. The molecule has 21 heavy (non-hydrogen) atoms. The lowest BCUT2D eigenvalue weighted by atomic mass is 10.1. The molecule has 0 spiro atoms. The van der Waals surface area contributed by atoms with E-state index in [4.69, 9.17) is 4.74 Å². The van der Waals surface area contributed by atoms with Crippen LogP contribution in [0.2, 0.25) is 0 Å². The van der Waals surface area contributed by atoms with Gasteiger partial charge < -0.3 is 9.30 Å². The molecule has 118 valence electrons. The Morgan fingerprint density at radius 1 is 1.24 bits per heavy atom. The van der Waals surface area contributed by atoms with Crippen LogP contribution in [0.15, 0.2) is 6.20 Å². The summed E-state index contributed by atoms with van der Waals surface area (Å²) in [7, 11) is -1.39. The molecule has 2 saturated heterocycles. The highest BCUT2D eigenvalue weighted by molar-refractivity contribution is 7.86. The summed E-state index contributed by atoms with van der Waals surface area (Å²) in [6.45, 7) is 4.90. The molecule has 0 aromatic carbocycles. The molecular weight excluding hydrogens is 292 g/mol. The van der Waals surface area contributed by atoms with Crippen LogP contribution < -0.4 is 0 Å². The van der Waals surface area contributed by atoms with Gasteiger partial charge in [-0.05, 0) is 13.3 Å². The summed E-state index contributed by atoms with van der Waals surface area (Å²) in [5, 5.41) is 0. The lowest BCUT2D eigenvalue weighted by molar-refractivity contribution is 0.0705. The van der Waals surface area contributed by atoms with Crippen molar-refractivity contribution in [3.8, 4) is 0 Å². The SMILES string of the molecule is Cc1cn(C)c([C@@H]2CCN(S(=O)(=O)N3CCOCC3)C2)n1. The highest BCUT2D eigenvalue weighted by Gasteiger charge is 2.37. The van der Waals surface area contributed by atoms with Crippen molar-refractivity contribution in [1.82, 2.24) is 18.2 Å². The van der Waals surface area contributed by atoms with E-state index in [1.165, 1.54) is 4.31 Å². The first-order valence-electron chi connectivity index (χ1n) is 7.31. The van der Waals surface area contributed by atoms with Gasteiger partial charge in [0.15, 0.2) is 0 Å². The number of rotatable bonds is 3. The first-order chi connectivity index (χ1) is 9.98. The standard InChI is InChI=1S/C13H22N4O3S/c1-11-9-15(2)13(14-11)12-3-4-17(10-12)21(18,19)16-5-7-20-8-6-16/h9,12H,3-8,10H2,1-2H3/t12-/m1/s1. The van der Waals surface area contributed by atoms with E-state index in [0.717, 1.165) is 17.9 Å². The third-order valence-electron chi connectivity index (χ3n) is 4.17. The lowest BCUT2D eigenvalue weighted by Crippen LogP contribution is -2.47. The Morgan fingerprint density at radius 2 is 1.95 bits per heavy atom. The third-order valence-corrected chi connectivity index (χ3v) is 6.17. The summed E-state index contributed by atoms with van der Waals surface area (Å²) in [6, 6.07) is 0. The van der Waals surface area contributed by atoms with Crippen molar-refractivity contribution < 1.29 is 13.2 Å². The van der Waals surface area contributed by atoms with Gasteiger partial charge in [0, 0.05) is 45.3 Å². The zero-order chi connectivity index (χ0) is 15.0. The molecule has 3 heterocycles. The van der Waals surface area contributed by atoms with Gasteiger partial charge in [-0.3, -0.25) is 0 Å². The van der Waals surface area contributed by atoms with Gasteiger partial charge in [0.1, 0.15) is 5.82 Å². The molecule has 8 heteroatoms. The Kier molecular flexibility index (Phi) is 4.04. The molecule has 0 aliphatic carbocycles. The minimum absolute atomic E-state index is 0.180. The maximum Gasteiger partial charge on any atom is 0.282 e. The van der Waals surface area contributed by atoms with Crippen molar-refractivity contribution in [3.05, 3.63) is 17.7 Å². The van der Waals surface area contributed by atoms with Gasteiger partial charge in [-0.2, -0.15) is 17.0 Å². The summed E-state index contributed by atoms with van der Waals surface area (Å²) in [4.78, 5) is 4.53. The highest BCUT2D eigenvalue weighted by Crippen LogP contribution is 2.29. The molecule has 7 nitrogen and oxygen atoms in total. The Hall–Kier alpha value is -0.960. The van der Waals surface area contributed by atoms with E-state index in [2.05, 4.69) is 4.98 Å². The van der Waals surface area contributed by atoms with Crippen molar-refractivity contribution in [2.45, 2.75) is 19.3 Å². The molecule has 1 aromatic heterocycles. The summed E-state index contributed by atoms with van der Waals surface area (Å²) < 4.78 is 35.6. The van der Waals surface area contributed by atoms with Crippen LogP contribution in [0.3, 0.4) is 0 Å². The molecule has 0 saturated carbocycles. The molecule has 2 aliphatic heterocycles. The normalized spacial score (nSPS) is 25.5. The zero-order valence-electron chi connectivity index (χ0n) is 12.5. The fraction of sp³-hybridized carbons (Fsp3) is 0.769. The van der Waals surface area contributed by atoms with Crippen LogP contribution in [-0.2, 0) is 22.0 Å². The highest BCUT2D eigenvalue weighted by atomic mass is 32.2. The minimum atomic E-state index is -3.36. The number of hydrogen-bond donors (Lipinski definition) is 0. The van der Waals surface area contributed by atoms with Crippen LogP contribution in [0.5, 0.6) is 0 Å². The number of aryl methyl sites for hydroxylation is 2. The molecule has 0 N–H and O–H groups in total. The molecule has 2 fully saturated rings. The fourth-order valence-electron chi connectivity index (χ4n) is 3.10. The zero-order valence-corrected chi connectivity index (χ0v) is 13.3. The molecular formula is C13H22N4O3S. The van der Waals surface area contributed by atoms with Crippen molar-refractivity contribution in [1.29, 1.82) is 0 Å². The summed E-state index contributed by atoms with van der Waals surface area (Å²) in [5.74, 6) is 1.16. The molecule has 0 radical (unpaired) electrons. The second-order valence-electron chi connectivity index (χ2n) is 5.71. The Labute approximate surface area is 125 Å². The van der Waals surface area contributed by atoms with E-state index in [-0.39, 0.29) is 5.92 Å². The van der Waals surface area contributed by atoms with Crippen molar-refractivity contribution in [3.63, 3.8) is 0 Å². The van der Waals surface area contributed by atoms with Gasteiger partial charge in [-0.15, -0.1) is 0 Å². The van der Waals surface area contributed by atoms with Crippen LogP contribution in [0, 0.1) is 6.92 Å². The number of imidazole rings is 1. The average molecular weight is 314 g/mol. The van der Waals surface area contributed by atoms with Crippen LogP contribution in [0.4, 0.5) is 0 Å². The predicted molar refractivity (Wildman–Crippen MR) is 78.2 cm³/mol. The van der Waals surface area contributed by atoms with E-state index in [1.807, 2.05) is 24.7 Å². The van der Waals surface area contributed by atoms with E-state index < -0.39 is 10.2 Å². The summed E-state index contributed by atoms with van der Waals surface area (Å²) >= 11 is 0. The van der Waals surface area contributed by atoms with Crippen molar-refractivity contribution in [2.75, 3.05) is 39.4 Å². The van der Waals surface area contributed by atoms with E-state index >= 15 is 0 Å². The Bertz CT molecular complexity index is 607. The van der Waals surface area contributed by atoms with Gasteiger partial charge in [0.05, 0.1) is 18.9 Å². The lowest BCUT2D eigenvalue weighted by Gasteiger charge is -2.30. The topological polar surface area (TPSA) is 67.7 Å². The van der Waals surface area contributed by atoms with E-state index in [9.17, 15) is 8.42 Å². The largest absolute Gasteiger partial charge is 0.379 e. The first kappa shape index (κ1) is 15.0. The number of morpholine rings is 1. The smallest absolute Gasteiger partial charge is 0.282 e. The molecule has 0 unspecified atom stereocenters. The number of ether oxygens (including phenoxy) is 1. The maximum absolute atomic E-state index is 12.6. The van der Waals surface area contributed by atoms with Crippen LogP contribution in [0.1, 0.15) is 23.9 Å². The van der Waals surface area contributed by atoms with E-state index in [0.29, 0.717) is 39.4 Å². The summed E-state index contributed by atoms with van der Waals surface area (Å²) in [6.07, 6.45) is 2.81. The molecule has 0 amide bonds. The molecule has 0 bridgehead atoms. The van der Waals surface area contributed by atoms with Crippen LogP contribution in [0.25, 0.3) is 0 Å². The van der Waals surface area contributed by atoms with Gasteiger partial charge in [-0.25, -0.2) is 4.98 Å².